The number of methoxy groups -OCH3 is 1. The van der Waals surface area contributed by atoms with Crippen LogP contribution in [0.25, 0.3) is 33.5 Å². The van der Waals surface area contributed by atoms with E-state index in [0.717, 1.165) is 39.5 Å². The van der Waals surface area contributed by atoms with Gasteiger partial charge in [0.15, 0.2) is 5.82 Å². The van der Waals surface area contributed by atoms with Gasteiger partial charge < -0.3 is 13.9 Å². The van der Waals surface area contributed by atoms with E-state index in [0.29, 0.717) is 0 Å². The van der Waals surface area contributed by atoms with Gasteiger partial charge in [0.05, 0.1) is 23.8 Å². The first-order valence-electron chi connectivity index (χ1n) is 8.95. The van der Waals surface area contributed by atoms with Crippen LogP contribution in [0.3, 0.4) is 0 Å². The standard InChI is InChI=1S/C21H20BrN3O/c1-24-20-16(7-4-8-18(20)26-2)23-21(24)17-11-14-5-3-6-15(22)19(14)25(17)12-13-9-10-13/h3-8,11,13H,9-10,12H2,1-2H3. The Morgan fingerprint density at radius 1 is 1.15 bits per heavy atom. The predicted molar refractivity (Wildman–Crippen MR) is 109 cm³/mol. The first kappa shape index (κ1) is 15.9. The van der Waals surface area contributed by atoms with Gasteiger partial charge in [-0.05, 0) is 59.0 Å². The summed E-state index contributed by atoms with van der Waals surface area (Å²) in [7, 11) is 3.78. The van der Waals surface area contributed by atoms with Crippen LogP contribution in [-0.4, -0.2) is 21.2 Å². The highest BCUT2D eigenvalue weighted by Crippen LogP contribution is 2.39. The predicted octanol–water partition coefficient (Wildman–Crippen LogP) is 5.38. The quantitative estimate of drug-likeness (QED) is 0.453. The minimum Gasteiger partial charge on any atom is -0.494 e. The third-order valence-electron chi connectivity index (χ3n) is 5.31. The van der Waals surface area contributed by atoms with Crippen molar-refractivity contribution in [3.05, 3.63) is 46.9 Å². The van der Waals surface area contributed by atoms with E-state index in [-0.39, 0.29) is 0 Å². The monoisotopic (exact) mass is 409 g/mol. The Bertz CT molecular complexity index is 1140. The summed E-state index contributed by atoms with van der Waals surface area (Å²) in [5, 5.41) is 1.24. The molecular formula is C21H20BrN3O. The molecule has 0 N–H and O–H groups in total. The molecule has 2 aromatic carbocycles. The van der Waals surface area contributed by atoms with E-state index in [4.69, 9.17) is 9.72 Å². The van der Waals surface area contributed by atoms with Crippen LogP contribution in [0.5, 0.6) is 5.75 Å². The fourth-order valence-electron chi connectivity index (χ4n) is 3.84. The molecule has 0 amide bonds. The van der Waals surface area contributed by atoms with Gasteiger partial charge in [-0.3, -0.25) is 0 Å². The zero-order chi connectivity index (χ0) is 17.8. The van der Waals surface area contributed by atoms with E-state index in [1.165, 1.54) is 29.4 Å². The van der Waals surface area contributed by atoms with Crippen molar-refractivity contribution in [2.45, 2.75) is 19.4 Å². The molecule has 0 saturated heterocycles. The Hall–Kier alpha value is -2.27. The number of fused-ring (bicyclic) bond motifs is 2. The highest BCUT2D eigenvalue weighted by molar-refractivity contribution is 9.10. The van der Waals surface area contributed by atoms with Gasteiger partial charge >= 0.3 is 0 Å². The van der Waals surface area contributed by atoms with Gasteiger partial charge in [-0.25, -0.2) is 4.98 Å². The number of rotatable bonds is 4. The highest BCUT2D eigenvalue weighted by Gasteiger charge is 2.26. The Labute approximate surface area is 160 Å². The minimum absolute atomic E-state index is 0.778. The molecule has 1 aliphatic carbocycles. The lowest BCUT2D eigenvalue weighted by Crippen LogP contribution is -2.05. The fourth-order valence-corrected chi connectivity index (χ4v) is 4.43. The second-order valence-corrected chi connectivity index (χ2v) is 7.94. The van der Waals surface area contributed by atoms with Crippen LogP contribution in [0.4, 0.5) is 0 Å². The number of ether oxygens (including phenoxy) is 1. The summed E-state index contributed by atoms with van der Waals surface area (Å²) in [4.78, 5) is 4.95. The maximum atomic E-state index is 5.57. The SMILES string of the molecule is COc1cccc2nc(-c3cc4cccc(Br)c4n3CC3CC3)n(C)c12. The van der Waals surface area contributed by atoms with Crippen molar-refractivity contribution in [1.82, 2.24) is 14.1 Å². The van der Waals surface area contributed by atoms with Gasteiger partial charge in [-0.1, -0.05) is 18.2 Å². The summed E-state index contributed by atoms with van der Waals surface area (Å²) < 4.78 is 11.3. The Morgan fingerprint density at radius 3 is 2.73 bits per heavy atom. The van der Waals surface area contributed by atoms with Crippen molar-refractivity contribution in [2.75, 3.05) is 7.11 Å². The van der Waals surface area contributed by atoms with E-state index in [9.17, 15) is 0 Å². The zero-order valence-corrected chi connectivity index (χ0v) is 16.5. The number of halogens is 1. The normalized spacial score (nSPS) is 14.4. The van der Waals surface area contributed by atoms with Gasteiger partial charge in [-0.15, -0.1) is 0 Å². The highest BCUT2D eigenvalue weighted by atomic mass is 79.9. The first-order chi connectivity index (χ1) is 12.7. The summed E-state index contributed by atoms with van der Waals surface area (Å²) in [5.74, 6) is 2.61. The third kappa shape index (κ3) is 2.37. The molecule has 0 radical (unpaired) electrons. The molecule has 2 heterocycles. The number of aromatic nitrogens is 3. The number of hydrogen-bond acceptors (Lipinski definition) is 2. The molecule has 0 unspecified atom stereocenters. The average Bonchev–Trinajstić information content (AvgIpc) is 3.30. The zero-order valence-electron chi connectivity index (χ0n) is 14.9. The Kier molecular flexibility index (Phi) is 3.60. The molecule has 4 aromatic rings. The van der Waals surface area contributed by atoms with Gasteiger partial charge in [0.2, 0.25) is 0 Å². The molecule has 26 heavy (non-hydrogen) atoms. The van der Waals surface area contributed by atoms with Gasteiger partial charge in [0, 0.05) is 23.5 Å². The number of para-hydroxylation sites is 2. The smallest absolute Gasteiger partial charge is 0.157 e. The molecule has 0 aliphatic heterocycles. The van der Waals surface area contributed by atoms with E-state index in [2.05, 4.69) is 56.4 Å². The van der Waals surface area contributed by atoms with Crippen LogP contribution in [-0.2, 0) is 13.6 Å². The second kappa shape index (κ2) is 5.88. The van der Waals surface area contributed by atoms with E-state index >= 15 is 0 Å². The molecule has 1 aliphatic rings. The van der Waals surface area contributed by atoms with Gasteiger partial charge in [0.1, 0.15) is 11.3 Å². The summed E-state index contributed by atoms with van der Waals surface area (Å²) >= 11 is 3.75. The first-order valence-corrected chi connectivity index (χ1v) is 9.74. The summed E-state index contributed by atoms with van der Waals surface area (Å²) in [6.45, 7) is 1.04. The molecule has 1 saturated carbocycles. The number of benzene rings is 2. The number of aryl methyl sites for hydroxylation is 1. The number of imidazole rings is 1. The van der Waals surface area contributed by atoms with E-state index in [1.807, 2.05) is 18.2 Å². The second-order valence-electron chi connectivity index (χ2n) is 7.08. The maximum Gasteiger partial charge on any atom is 0.157 e. The van der Waals surface area contributed by atoms with Crippen molar-refractivity contribution < 1.29 is 4.74 Å². The molecule has 4 nitrogen and oxygen atoms in total. The largest absolute Gasteiger partial charge is 0.494 e. The van der Waals surface area contributed by atoms with Crippen molar-refractivity contribution in [2.24, 2.45) is 13.0 Å². The lowest BCUT2D eigenvalue weighted by molar-refractivity contribution is 0.418. The van der Waals surface area contributed by atoms with Crippen LogP contribution in [0.1, 0.15) is 12.8 Å². The minimum atomic E-state index is 0.778. The molecular weight excluding hydrogens is 390 g/mol. The Balaban J connectivity index is 1.80. The van der Waals surface area contributed by atoms with Crippen LogP contribution in [0.15, 0.2) is 46.9 Å². The molecule has 5 heteroatoms. The topological polar surface area (TPSA) is 32.0 Å². The average molecular weight is 410 g/mol. The van der Waals surface area contributed by atoms with Crippen LogP contribution >= 0.6 is 15.9 Å². The fraction of sp³-hybridized carbons (Fsp3) is 0.286. The van der Waals surface area contributed by atoms with Crippen molar-refractivity contribution in [3.63, 3.8) is 0 Å². The van der Waals surface area contributed by atoms with Crippen molar-refractivity contribution in [1.29, 1.82) is 0 Å². The van der Waals surface area contributed by atoms with Crippen LogP contribution in [0.2, 0.25) is 0 Å². The van der Waals surface area contributed by atoms with Crippen LogP contribution < -0.4 is 4.74 Å². The van der Waals surface area contributed by atoms with Crippen molar-refractivity contribution in [3.8, 4) is 17.3 Å². The lowest BCUT2D eigenvalue weighted by atomic mass is 10.2. The van der Waals surface area contributed by atoms with Crippen molar-refractivity contribution >= 4 is 37.9 Å². The molecule has 132 valence electrons. The van der Waals surface area contributed by atoms with E-state index < -0.39 is 0 Å². The maximum absolute atomic E-state index is 5.57. The number of hydrogen-bond donors (Lipinski definition) is 0. The summed E-state index contributed by atoms with van der Waals surface area (Å²) in [5.41, 5.74) is 4.42. The Morgan fingerprint density at radius 2 is 1.96 bits per heavy atom. The summed E-state index contributed by atoms with van der Waals surface area (Å²) in [6.07, 6.45) is 2.64. The number of nitrogens with zero attached hydrogens (tertiary/aromatic N) is 3. The van der Waals surface area contributed by atoms with Gasteiger partial charge in [-0.2, -0.15) is 0 Å². The molecule has 0 atom stereocenters. The summed E-state index contributed by atoms with van der Waals surface area (Å²) in [6, 6.07) is 14.7. The molecule has 0 bridgehead atoms. The lowest BCUT2D eigenvalue weighted by Gasteiger charge is -2.11. The van der Waals surface area contributed by atoms with Gasteiger partial charge in [0.25, 0.3) is 0 Å². The third-order valence-corrected chi connectivity index (χ3v) is 5.95. The molecule has 0 spiro atoms. The molecule has 1 fully saturated rings. The molecule has 2 aromatic heterocycles. The van der Waals surface area contributed by atoms with E-state index in [1.54, 1.807) is 7.11 Å². The van der Waals surface area contributed by atoms with Crippen LogP contribution in [0, 0.1) is 5.92 Å². The molecule has 5 rings (SSSR count).